The molecule has 100 valence electrons. The van der Waals surface area contributed by atoms with Crippen molar-refractivity contribution in [3.05, 3.63) is 34.3 Å². The number of aliphatic hydroxyl groups excluding tert-OH is 1. The summed E-state index contributed by atoms with van der Waals surface area (Å²) in [6, 6.07) is 8.56. The minimum Gasteiger partial charge on any atom is -0.388 e. The summed E-state index contributed by atoms with van der Waals surface area (Å²) in [6.07, 6.45) is 3.15. The molecule has 2 rings (SSSR count). The van der Waals surface area contributed by atoms with Gasteiger partial charge in [0.15, 0.2) is 0 Å². The number of rotatable bonds is 6. The zero-order valence-electron chi connectivity index (χ0n) is 11.1. The summed E-state index contributed by atoms with van der Waals surface area (Å²) in [5.41, 5.74) is 0.991. The van der Waals surface area contributed by atoms with Crippen molar-refractivity contribution in [3.63, 3.8) is 0 Å². The molecule has 1 aromatic rings. The van der Waals surface area contributed by atoms with Crippen molar-refractivity contribution in [2.75, 3.05) is 13.6 Å². The summed E-state index contributed by atoms with van der Waals surface area (Å²) in [6.45, 7) is 3.24. The van der Waals surface area contributed by atoms with Gasteiger partial charge < -0.3 is 10.0 Å². The van der Waals surface area contributed by atoms with Gasteiger partial charge in [0.05, 0.1) is 6.10 Å². The number of hydrogen-bond donors (Lipinski definition) is 1. The fraction of sp³-hybridized carbons (Fsp3) is 0.600. The topological polar surface area (TPSA) is 23.5 Å². The van der Waals surface area contributed by atoms with E-state index in [4.69, 9.17) is 0 Å². The number of aliphatic hydroxyl groups is 1. The third-order valence-corrected chi connectivity index (χ3v) is 4.74. The van der Waals surface area contributed by atoms with Crippen molar-refractivity contribution in [2.45, 2.75) is 38.3 Å². The highest BCUT2D eigenvalue weighted by Gasteiger charge is 2.30. The van der Waals surface area contributed by atoms with E-state index in [1.165, 1.54) is 12.8 Å². The van der Waals surface area contributed by atoms with Crippen molar-refractivity contribution in [1.82, 2.24) is 4.90 Å². The Morgan fingerprint density at radius 2 is 2.06 bits per heavy atom. The molecule has 1 aromatic carbocycles. The zero-order valence-corrected chi connectivity index (χ0v) is 12.7. The van der Waals surface area contributed by atoms with Crippen LogP contribution in [0.25, 0.3) is 0 Å². The standard InChI is InChI=1S/C15H22BrNO/c1-11(12-7-8-12)17(2)10-9-15(18)13-5-3-4-6-14(13)16/h3-6,11-12,15,18H,7-10H2,1-2H3. The van der Waals surface area contributed by atoms with Crippen LogP contribution in [0.4, 0.5) is 0 Å². The second-order valence-electron chi connectivity index (χ2n) is 5.38. The Bertz CT molecular complexity index is 392. The molecule has 3 heteroatoms. The van der Waals surface area contributed by atoms with Crippen LogP contribution in [-0.2, 0) is 0 Å². The van der Waals surface area contributed by atoms with E-state index in [1.54, 1.807) is 0 Å². The lowest BCUT2D eigenvalue weighted by atomic mass is 10.1. The summed E-state index contributed by atoms with van der Waals surface area (Å²) in [5.74, 6) is 0.885. The average molecular weight is 312 g/mol. The Morgan fingerprint density at radius 1 is 1.39 bits per heavy atom. The highest BCUT2D eigenvalue weighted by Crippen LogP contribution is 2.35. The first-order valence-electron chi connectivity index (χ1n) is 6.72. The molecule has 2 nitrogen and oxygen atoms in total. The summed E-state index contributed by atoms with van der Waals surface area (Å²) in [5, 5.41) is 10.2. The fourth-order valence-electron chi connectivity index (χ4n) is 2.37. The van der Waals surface area contributed by atoms with Crippen LogP contribution in [0.1, 0.15) is 37.9 Å². The predicted molar refractivity (Wildman–Crippen MR) is 78.5 cm³/mol. The van der Waals surface area contributed by atoms with Crippen molar-refractivity contribution < 1.29 is 5.11 Å². The summed E-state index contributed by atoms with van der Waals surface area (Å²) in [4.78, 5) is 2.37. The normalized spacial score (nSPS) is 18.9. The molecule has 0 spiro atoms. The molecule has 0 amide bonds. The van der Waals surface area contributed by atoms with E-state index in [2.05, 4.69) is 34.8 Å². The highest BCUT2D eigenvalue weighted by atomic mass is 79.9. The Morgan fingerprint density at radius 3 is 2.67 bits per heavy atom. The summed E-state index contributed by atoms with van der Waals surface area (Å²) < 4.78 is 0.996. The van der Waals surface area contributed by atoms with Gasteiger partial charge in [0.25, 0.3) is 0 Å². The lowest BCUT2D eigenvalue weighted by Gasteiger charge is -2.25. The molecule has 1 fully saturated rings. The van der Waals surface area contributed by atoms with E-state index in [0.717, 1.165) is 28.9 Å². The highest BCUT2D eigenvalue weighted by molar-refractivity contribution is 9.10. The fourth-order valence-corrected chi connectivity index (χ4v) is 2.92. The van der Waals surface area contributed by atoms with Crippen molar-refractivity contribution in [3.8, 4) is 0 Å². The second kappa shape index (κ2) is 6.18. The second-order valence-corrected chi connectivity index (χ2v) is 6.24. The van der Waals surface area contributed by atoms with Gasteiger partial charge in [0.2, 0.25) is 0 Å². The van der Waals surface area contributed by atoms with Crippen LogP contribution in [0.5, 0.6) is 0 Å². The monoisotopic (exact) mass is 311 g/mol. The van der Waals surface area contributed by atoms with Crippen LogP contribution in [0.3, 0.4) is 0 Å². The zero-order chi connectivity index (χ0) is 13.1. The molecule has 18 heavy (non-hydrogen) atoms. The Hall–Kier alpha value is -0.380. The molecule has 1 saturated carbocycles. The summed E-state index contributed by atoms with van der Waals surface area (Å²) in [7, 11) is 2.16. The lowest BCUT2D eigenvalue weighted by Crippen LogP contribution is -2.32. The van der Waals surface area contributed by atoms with Gasteiger partial charge in [-0.25, -0.2) is 0 Å². The molecule has 2 unspecified atom stereocenters. The largest absolute Gasteiger partial charge is 0.388 e. The smallest absolute Gasteiger partial charge is 0.0813 e. The molecule has 0 aromatic heterocycles. The predicted octanol–water partition coefficient (Wildman–Crippen LogP) is 3.60. The molecule has 1 aliphatic rings. The van der Waals surface area contributed by atoms with Crippen LogP contribution in [0, 0.1) is 5.92 Å². The van der Waals surface area contributed by atoms with E-state index in [0.29, 0.717) is 6.04 Å². The van der Waals surface area contributed by atoms with Crippen LogP contribution in [-0.4, -0.2) is 29.6 Å². The number of benzene rings is 1. The third-order valence-electron chi connectivity index (χ3n) is 4.02. The van der Waals surface area contributed by atoms with Crippen molar-refractivity contribution in [1.29, 1.82) is 0 Å². The Labute approximate surface area is 118 Å². The number of nitrogens with zero attached hydrogens (tertiary/aromatic N) is 1. The van der Waals surface area contributed by atoms with E-state index in [1.807, 2.05) is 24.3 Å². The molecule has 0 bridgehead atoms. The number of halogens is 1. The first-order valence-corrected chi connectivity index (χ1v) is 7.51. The van der Waals surface area contributed by atoms with E-state index in [-0.39, 0.29) is 6.10 Å². The van der Waals surface area contributed by atoms with Crippen molar-refractivity contribution >= 4 is 15.9 Å². The van der Waals surface area contributed by atoms with Gasteiger partial charge in [0.1, 0.15) is 0 Å². The van der Waals surface area contributed by atoms with Crippen LogP contribution in [0.2, 0.25) is 0 Å². The minimum absolute atomic E-state index is 0.380. The maximum Gasteiger partial charge on any atom is 0.0813 e. The summed E-state index contributed by atoms with van der Waals surface area (Å²) >= 11 is 3.49. The number of hydrogen-bond acceptors (Lipinski definition) is 2. The van der Waals surface area contributed by atoms with E-state index >= 15 is 0 Å². The first-order chi connectivity index (χ1) is 8.59. The molecule has 1 N–H and O–H groups in total. The molecule has 2 atom stereocenters. The molecular weight excluding hydrogens is 290 g/mol. The van der Waals surface area contributed by atoms with Gasteiger partial charge in [-0.05, 0) is 50.8 Å². The van der Waals surface area contributed by atoms with Gasteiger partial charge in [-0.3, -0.25) is 0 Å². The Kier molecular flexibility index (Phi) is 4.82. The van der Waals surface area contributed by atoms with Crippen molar-refractivity contribution in [2.24, 2.45) is 5.92 Å². The van der Waals surface area contributed by atoms with Crippen LogP contribution >= 0.6 is 15.9 Å². The molecule has 0 saturated heterocycles. The van der Waals surface area contributed by atoms with E-state index in [9.17, 15) is 5.11 Å². The van der Waals surface area contributed by atoms with Gasteiger partial charge in [-0.2, -0.15) is 0 Å². The minimum atomic E-state index is -0.380. The van der Waals surface area contributed by atoms with Gasteiger partial charge in [-0.15, -0.1) is 0 Å². The Balaban J connectivity index is 1.84. The van der Waals surface area contributed by atoms with Gasteiger partial charge in [-0.1, -0.05) is 34.1 Å². The van der Waals surface area contributed by atoms with Crippen LogP contribution in [0.15, 0.2) is 28.7 Å². The first kappa shape index (κ1) is 14.0. The lowest BCUT2D eigenvalue weighted by molar-refractivity contribution is 0.134. The molecule has 0 heterocycles. The average Bonchev–Trinajstić information content (AvgIpc) is 3.19. The maximum atomic E-state index is 10.2. The molecular formula is C15H22BrNO. The maximum absolute atomic E-state index is 10.2. The SMILES string of the molecule is CC(C1CC1)N(C)CCC(O)c1ccccc1Br. The van der Waals surface area contributed by atoms with Gasteiger partial charge in [0, 0.05) is 17.1 Å². The molecule has 0 radical (unpaired) electrons. The van der Waals surface area contributed by atoms with Gasteiger partial charge >= 0.3 is 0 Å². The molecule has 1 aliphatic carbocycles. The van der Waals surface area contributed by atoms with E-state index < -0.39 is 0 Å². The van der Waals surface area contributed by atoms with Crippen LogP contribution < -0.4 is 0 Å². The molecule has 0 aliphatic heterocycles. The quantitative estimate of drug-likeness (QED) is 0.867. The third kappa shape index (κ3) is 3.56.